The molecule has 0 radical (unpaired) electrons. The molecule has 0 saturated carbocycles. The largest absolute Gasteiger partial charge is 0.336 e. The highest BCUT2D eigenvalue weighted by Gasteiger charge is 2.19. The van der Waals surface area contributed by atoms with Crippen molar-refractivity contribution < 1.29 is 8.42 Å². The number of H-pyrrole nitrogens is 1. The lowest BCUT2D eigenvalue weighted by Gasteiger charge is -2.08. The van der Waals surface area contributed by atoms with E-state index in [2.05, 4.69) is 32.1 Å². The summed E-state index contributed by atoms with van der Waals surface area (Å²) in [6, 6.07) is 0. The SMILES string of the molecule is CCCNCc1cn[nH]c1S(=O)(=O)NCCn1ccnc1. The first kappa shape index (κ1) is 15.7. The van der Waals surface area contributed by atoms with Crippen LogP contribution in [0.5, 0.6) is 0 Å². The van der Waals surface area contributed by atoms with Crippen LogP contribution in [0.2, 0.25) is 0 Å². The molecule has 0 saturated heterocycles. The lowest BCUT2D eigenvalue weighted by Crippen LogP contribution is -2.29. The molecule has 21 heavy (non-hydrogen) atoms. The molecular formula is C12H20N6O2S. The average molecular weight is 312 g/mol. The normalized spacial score (nSPS) is 11.9. The Morgan fingerprint density at radius 3 is 2.95 bits per heavy atom. The Bertz CT molecular complexity index is 635. The molecule has 0 bridgehead atoms. The van der Waals surface area contributed by atoms with Crippen LogP contribution in [0.4, 0.5) is 0 Å². The van der Waals surface area contributed by atoms with Crippen LogP contribution in [0.15, 0.2) is 29.9 Å². The maximum atomic E-state index is 12.2. The van der Waals surface area contributed by atoms with Crippen LogP contribution < -0.4 is 10.0 Å². The predicted octanol–water partition coefficient (Wildman–Crippen LogP) is 0.0843. The fourth-order valence-electron chi connectivity index (χ4n) is 1.86. The summed E-state index contributed by atoms with van der Waals surface area (Å²) in [6.07, 6.45) is 7.60. The summed E-state index contributed by atoms with van der Waals surface area (Å²) in [7, 11) is -3.58. The van der Waals surface area contributed by atoms with Crippen molar-refractivity contribution in [2.45, 2.75) is 31.5 Å². The van der Waals surface area contributed by atoms with Crippen molar-refractivity contribution in [1.29, 1.82) is 0 Å². The fourth-order valence-corrected chi connectivity index (χ4v) is 3.01. The Morgan fingerprint density at radius 1 is 1.38 bits per heavy atom. The molecule has 0 aliphatic heterocycles. The number of aromatic nitrogens is 4. The van der Waals surface area contributed by atoms with E-state index in [4.69, 9.17) is 0 Å². The van der Waals surface area contributed by atoms with Gasteiger partial charge in [0.1, 0.15) is 0 Å². The van der Waals surface area contributed by atoms with E-state index in [9.17, 15) is 8.42 Å². The zero-order valence-corrected chi connectivity index (χ0v) is 12.7. The van der Waals surface area contributed by atoms with E-state index in [0.29, 0.717) is 25.2 Å². The van der Waals surface area contributed by atoms with Gasteiger partial charge in [0.2, 0.25) is 0 Å². The standard InChI is InChI=1S/C12H20N6O2S/c1-2-3-13-8-11-9-15-17-12(11)21(19,20)16-5-7-18-6-4-14-10-18/h4,6,9-10,13,16H,2-3,5,7-8H2,1H3,(H,15,17). The van der Waals surface area contributed by atoms with Crippen LogP contribution in [0, 0.1) is 0 Å². The Morgan fingerprint density at radius 2 is 2.24 bits per heavy atom. The fraction of sp³-hybridized carbons (Fsp3) is 0.500. The molecule has 0 aromatic carbocycles. The Kier molecular flexibility index (Phi) is 5.48. The topological polar surface area (TPSA) is 105 Å². The Hall–Kier alpha value is -1.71. The zero-order valence-electron chi connectivity index (χ0n) is 11.9. The highest BCUT2D eigenvalue weighted by Crippen LogP contribution is 2.11. The molecule has 0 amide bonds. The molecule has 0 aliphatic carbocycles. The molecule has 3 N–H and O–H groups in total. The van der Waals surface area contributed by atoms with Crippen molar-refractivity contribution >= 4 is 10.0 Å². The molecule has 2 heterocycles. The summed E-state index contributed by atoms with van der Waals surface area (Å²) in [4.78, 5) is 3.90. The van der Waals surface area contributed by atoms with Crippen molar-refractivity contribution in [3.63, 3.8) is 0 Å². The first-order chi connectivity index (χ1) is 10.1. The molecule has 0 spiro atoms. The van der Waals surface area contributed by atoms with Gasteiger partial charge in [-0.25, -0.2) is 18.1 Å². The van der Waals surface area contributed by atoms with Gasteiger partial charge in [-0.15, -0.1) is 0 Å². The van der Waals surface area contributed by atoms with E-state index in [1.54, 1.807) is 23.3 Å². The van der Waals surface area contributed by atoms with Gasteiger partial charge in [0.15, 0.2) is 5.03 Å². The molecule has 0 aliphatic rings. The van der Waals surface area contributed by atoms with E-state index in [1.807, 2.05) is 0 Å². The molecular weight excluding hydrogens is 292 g/mol. The van der Waals surface area contributed by atoms with Crippen LogP contribution in [-0.2, 0) is 23.1 Å². The number of hydrogen-bond acceptors (Lipinski definition) is 5. The highest BCUT2D eigenvalue weighted by molar-refractivity contribution is 7.89. The summed E-state index contributed by atoms with van der Waals surface area (Å²) in [5.41, 5.74) is 0.638. The van der Waals surface area contributed by atoms with Gasteiger partial charge < -0.3 is 9.88 Å². The molecule has 0 atom stereocenters. The van der Waals surface area contributed by atoms with E-state index in [1.165, 1.54) is 6.20 Å². The number of nitrogens with zero attached hydrogens (tertiary/aromatic N) is 3. The average Bonchev–Trinajstić information content (AvgIpc) is 3.10. The summed E-state index contributed by atoms with van der Waals surface area (Å²) in [6.45, 7) is 4.18. The highest BCUT2D eigenvalue weighted by atomic mass is 32.2. The molecule has 8 nitrogen and oxygen atoms in total. The third kappa shape index (κ3) is 4.38. The molecule has 2 aromatic heterocycles. The van der Waals surface area contributed by atoms with Crippen molar-refractivity contribution in [3.8, 4) is 0 Å². The third-order valence-corrected chi connectivity index (χ3v) is 4.39. The predicted molar refractivity (Wildman–Crippen MR) is 78.0 cm³/mol. The second kappa shape index (κ2) is 7.34. The molecule has 0 fully saturated rings. The van der Waals surface area contributed by atoms with Crippen molar-refractivity contribution in [3.05, 3.63) is 30.5 Å². The van der Waals surface area contributed by atoms with Gasteiger partial charge in [-0.05, 0) is 13.0 Å². The van der Waals surface area contributed by atoms with Gasteiger partial charge in [-0.1, -0.05) is 6.92 Å². The number of imidazole rings is 1. The molecule has 2 aromatic rings. The Labute approximate surface area is 124 Å². The van der Waals surface area contributed by atoms with Crippen molar-refractivity contribution in [2.24, 2.45) is 0 Å². The van der Waals surface area contributed by atoms with E-state index < -0.39 is 10.0 Å². The minimum Gasteiger partial charge on any atom is -0.336 e. The van der Waals surface area contributed by atoms with Gasteiger partial charge in [-0.3, -0.25) is 5.10 Å². The number of nitrogens with one attached hydrogen (secondary N) is 3. The van der Waals surface area contributed by atoms with Gasteiger partial charge in [0.25, 0.3) is 10.0 Å². The Balaban J connectivity index is 1.94. The minimum absolute atomic E-state index is 0.122. The summed E-state index contributed by atoms with van der Waals surface area (Å²) in [5.74, 6) is 0. The van der Waals surface area contributed by atoms with Gasteiger partial charge >= 0.3 is 0 Å². The van der Waals surface area contributed by atoms with Crippen LogP contribution in [0.1, 0.15) is 18.9 Å². The van der Waals surface area contributed by atoms with Crippen LogP contribution in [-0.4, -0.2) is 41.3 Å². The van der Waals surface area contributed by atoms with Gasteiger partial charge in [-0.2, -0.15) is 5.10 Å². The second-order valence-electron chi connectivity index (χ2n) is 4.60. The minimum atomic E-state index is -3.58. The monoisotopic (exact) mass is 312 g/mol. The van der Waals surface area contributed by atoms with Crippen molar-refractivity contribution in [1.82, 2.24) is 29.8 Å². The number of aromatic amines is 1. The van der Waals surface area contributed by atoms with Gasteiger partial charge in [0, 0.05) is 37.6 Å². The number of hydrogen-bond donors (Lipinski definition) is 3. The van der Waals surface area contributed by atoms with Crippen LogP contribution in [0.25, 0.3) is 0 Å². The maximum absolute atomic E-state index is 12.2. The quantitative estimate of drug-likeness (QED) is 0.569. The first-order valence-corrected chi connectivity index (χ1v) is 8.30. The number of rotatable bonds is 9. The lowest BCUT2D eigenvalue weighted by atomic mass is 10.3. The summed E-state index contributed by atoms with van der Waals surface area (Å²) >= 11 is 0. The second-order valence-corrected chi connectivity index (χ2v) is 6.30. The van der Waals surface area contributed by atoms with E-state index >= 15 is 0 Å². The van der Waals surface area contributed by atoms with E-state index in [-0.39, 0.29) is 5.03 Å². The molecule has 2 rings (SSSR count). The lowest BCUT2D eigenvalue weighted by molar-refractivity contribution is 0.565. The summed E-state index contributed by atoms with van der Waals surface area (Å²) < 4.78 is 28.8. The zero-order chi connectivity index (χ0) is 15.1. The van der Waals surface area contributed by atoms with Crippen LogP contribution >= 0.6 is 0 Å². The molecule has 9 heteroatoms. The van der Waals surface area contributed by atoms with Gasteiger partial charge in [0.05, 0.1) is 12.5 Å². The smallest absolute Gasteiger partial charge is 0.257 e. The third-order valence-electron chi connectivity index (χ3n) is 2.91. The summed E-state index contributed by atoms with van der Waals surface area (Å²) in [5, 5.41) is 9.67. The molecule has 116 valence electrons. The van der Waals surface area contributed by atoms with E-state index in [0.717, 1.165) is 13.0 Å². The molecule has 0 unspecified atom stereocenters. The number of sulfonamides is 1. The maximum Gasteiger partial charge on any atom is 0.257 e. The van der Waals surface area contributed by atoms with Crippen LogP contribution in [0.3, 0.4) is 0 Å². The van der Waals surface area contributed by atoms with Crippen molar-refractivity contribution in [2.75, 3.05) is 13.1 Å². The first-order valence-electron chi connectivity index (χ1n) is 6.82.